The summed E-state index contributed by atoms with van der Waals surface area (Å²) in [5.74, 6) is 0. The van der Waals surface area contributed by atoms with Gasteiger partial charge < -0.3 is 41.0 Å². The van der Waals surface area contributed by atoms with Gasteiger partial charge in [-0.25, -0.2) is 8.78 Å². The monoisotopic (exact) mass is 671 g/mol. The smallest absolute Gasteiger partial charge is 0.387 e. The predicted molar refractivity (Wildman–Crippen MR) is 157 cm³/mol. The van der Waals surface area contributed by atoms with Crippen molar-refractivity contribution in [1.29, 1.82) is 0 Å². The third-order valence-electron chi connectivity index (χ3n) is 5.96. The van der Waals surface area contributed by atoms with Gasteiger partial charge in [0.2, 0.25) is 0 Å². The quantitative estimate of drug-likeness (QED) is 0.148. The molecule has 0 spiro atoms. The Morgan fingerprint density at radius 1 is 0.795 bits per heavy atom. The minimum absolute atomic E-state index is 0. The zero-order valence-electron chi connectivity index (χ0n) is 24.9. The zero-order chi connectivity index (χ0) is 33.1. The van der Waals surface area contributed by atoms with Gasteiger partial charge in [-0.3, -0.25) is 9.30 Å². The topological polar surface area (TPSA) is 207 Å². The van der Waals surface area contributed by atoms with Crippen molar-refractivity contribution in [2.75, 3.05) is 13.7 Å². The number of ether oxygens (including phenoxy) is 2. The Labute approximate surface area is 285 Å². The predicted octanol–water partition coefficient (Wildman–Crippen LogP) is 2.30. The van der Waals surface area contributed by atoms with Gasteiger partial charge in [0.15, 0.2) is 12.3 Å². The van der Waals surface area contributed by atoms with E-state index in [2.05, 4.69) is 10.0 Å². The first-order chi connectivity index (χ1) is 21.1. The van der Waals surface area contributed by atoms with Crippen molar-refractivity contribution in [2.45, 2.75) is 83.0 Å². The van der Waals surface area contributed by atoms with Crippen LogP contribution < -0.4 is 29.6 Å². The largest absolute Gasteiger partial charge is 1.00 e. The molecule has 0 saturated carbocycles. The molecular formula is C26H34F3N6NaO6S2. The summed E-state index contributed by atoms with van der Waals surface area (Å²) in [5, 5.41) is 42.2. The first-order valence-corrected chi connectivity index (χ1v) is 14.4. The maximum absolute atomic E-state index is 13.9. The summed E-state index contributed by atoms with van der Waals surface area (Å²) in [6, 6.07) is 18.5. The Kier molecular flexibility index (Phi) is 21.7. The summed E-state index contributed by atoms with van der Waals surface area (Å²) in [7, 11) is -1.00. The molecule has 4 N–H and O–H groups in total. The number of alkyl halides is 3. The van der Waals surface area contributed by atoms with Crippen LogP contribution in [0.2, 0.25) is 0 Å². The van der Waals surface area contributed by atoms with E-state index in [0.717, 1.165) is 21.6 Å². The van der Waals surface area contributed by atoms with Crippen LogP contribution in [0.1, 0.15) is 14.7 Å². The van der Waals surface area contributed by atoms with Crippen molar-refractivity contribution < 1.29 is 74.0 Å². The van der Waals surface area contributed by atoms with Crippen molar-refractivity contribution in [3.63, 3.8) is 0 Å². The van der Waals surface area contributed by atoms with Crippen molar-refractivity contribution in [3.8, 4) is 0 Å². The first-order valence-electron chi connectivity index (χ1n) is 13.4. The number of azide groups is 1. The summed E-state index contributed by atoms with van der Waals surface area (Å²) in [4.78, 5) is 5.77. The molecule has 0 radical (unpaired) electrons. The molecule has 18 heteroatoms. The average molecular weight is 672 g/mol. The van der Waals surface area contributed by atoms with E-state index in [1.807, 2.05) is 67.6 Å². The van der Waals surface area contributed by atoms with E-state index in [-0.39, 0.29) is 36.1 Å². The van der Waals surface area contributed by atoms with Gasteiger partial charge in [-0.15, -0.1) is 0 Å². The normalized spacial score (nSPS) is 30.8. The summed E-state index contributed by atoms with van der Waals surface area (Å²) in [5.41, 5.74) is 20.2. The average Bonchev–Trinajstić information content (AvgIpc) is 3.03. The number of hydrogen-bond acceptors (Lipinski definition) is 9. The molecule has 0 amide bonds. The van der Waals surface area contributed by atoms with E-state index in [0.29, 0.717) is 6.42 Å². The molecule has 2 fully saturated rings. The Morgan fingerprint density at radius 2 is 1.16 bits per heavy atom. The standard InChI is InChI=1S/C13H17FO3S.C12H14FN3O3S.CH3F.N3.Na/c1-2-9-11(15)10(14)12(16)13(17-9)18-8-6-4-3-5-7-8;13-9-10(17)8(6-15-16-14)19-12(11(9)18)20-7-4-2-1-3-5-7;1-2;1-3-2;/h3-7,9-13,15-16H,2H2,1H3;1-5,8-12,17-18H,6H2;1H3;;/q;;;-1;+1/t9-,10+,11-,12-,13+;8-,9+,10-,11-,12+;;;/m11.../s1/i;;1D;;. The van der Waals surface area contributed by atoms with Crippen LogP contribution >= 0.6 is 23.5 Å². The van der Waals surface area contributed by atoms with Crippen LogP contribution in [0.3, 0.4) is 0 Å². The molecule has 0 aliphatic carbocycles. The van der Waals surface area contributed by atoms with Crippen molar-refractivity contribution in [3.05, 3.63) is 87.1 Å². The minimum Gasteiger partial charge on any atom is -0.387 e. The van der Waals surface area contributed by atoms with E-state index in [9.17, 15) is 33.6 Å². The first kappa shape index (κ1) is 40.3. The molecule has 44 heavy (non-hydrogen) atoms. The number of rotatable bonds is 7. The van der Waals surface area contributed by atoms with Gasteiger partial charge in [0.05, 0.1) is 27.3 Å². The Bertz CT molecular complexity index is 1150. The molecule has 2 aromatic carbocycles. The van der Waals surface area contributed by atoms with Crippen LogP contribution in [0.15, 0.2) is 75.6 Å². The van der Waals surface area contributed by atoms with Gasteiger partial charge in [-0.2, -0.15) is 0 Å². The molecule has 12 nitrogen and oxygen atoms in total. The molecule has 238 valence electrons. The number of aliphatic hydroxyl groups is 4. The summed E-state index contributed by atoms with van der Waals surface area (Å²) < 4.78 is 54.1. The van der Waals surface area contributed by atoms with E-state index in [1.54, 1.807) is 0 Å². The van der Waals surface area contributed by atoms with Crippen molar-refractivity contribution in [1.82, 2.24) is 0 Å². The van der Waals surface area contributed by atoms with Crippen molar-refractivity contribution in [2.24, 2.45) is 5.11 Å². The van der Waals surface area contributed by atoms with Crippen LogP contribution in [0.5, 0.6) is 0 Å². The summed E-state index contributed by atoms with van der Waals surface area (Å²) >= 11 is 2.43. The van der Waals surface area contributed by atoms with Crippen LogP contribution in [0, 0.1) is 0 Å². The fourth-order valence-corrected chi connectivity index (χ4v) is 5.99. The molecule has 2 aromatic rings. The molecule has 4 rings (SSSR count). The van der Waals surface area contributed by atoms with Crippen LogP contribution in [0.4, 0.5) is 13.2 Å². The van der Waals surface area contributed by atoms with Crippen molar-refractivity contribution >= 4 is 23.5 Å². The van der Waals surface area contributed by atoms with Gasteiger partial charge >= 0.3 is 29.6 Å². The summed E-state index contributed by atoms with van der Waals surface area (Å²) in [6.45, 7) is 1.64. The Morgan fingerprint density at radius 3 is 1.52 bits per heavy atom. The van der Waals surface area contributed by atoms with E-state index < -0.39 is 67.0 Å². The molecular weight excluding hydrogens is 636 g/mol. The Hall–Kier alpha value is -1.69. The van der Waals surface area contributed by atoms with E-state index in [1.165, 1.54) is 16.7 Å². The molecule has 0 bridgehead atoms. The second kappa shape index (κ2) is 23.6. The van der Waals surface area contributed by atoms with Gasteiger partial charge in [-0.1, -0.05) is 72.0 Å². The summed E-state index contributed by atoms with van der Waals surface area (Å²) in [6.07, 6.45) is -10.0. The number of benzene rings is 2. The number of nitrogens with zero attached hydrogens (tertiary/aromatic N) is 6. The van der Waals surface area contributed by atoms with E-state index >= 15 is 0 Å². The SMILES string of the molecule is CC[C@H]1O[C@@H](Sc2ccccc2)[C@H](O)[C@@H](F)[C@@H]1O.[2H]CF.[N-]=[N+]=NC[C@H]1O[C@@H](Sc2ccccc2)[C@H](O)[C@@H](F)[C@@H]1O.[N-]=[N+]=[N-].[Na+]. The zero-order valence-corrected chi connectivity index (χ0v) is 27.5. The maximum Gasteiger partial charge on any atom is 1.00 e. The molecule has 0 aromatic heterocycles. The second-order valence-corrected chi connectivity index (χ2v) is 11.1. The van der Waals surface area contributed by atoms with Gasteiger partial charge in [0.1, 0.15) is 35.3 Å². The Balaban J connectivity index is 0.000000721. The van der Waals surface area contributed by atoms with Gasteiger partial charge in [0, 0.05) is 14.7 Å². The number of halogens is 3. The number of aliphatic hydroxyl groups excluding tert-OH is 4. The van der Waals surface area contributed by atoms with Crippen LogP contribution in [0.25, 0.3) is 26.4 Å². The maximum atomic E-state index is 13.9. The van der Waals surface area contributed by atoms with E-state index in [4.69, 9.17) is 27.4 Å². The van der Waals surface area contributed by atoms with Gasteiger partial charge in [0.25, 0.3) is 0 Å². The molecule has 10 atom stereocenters. The third kappa shape index (κ3) is 13.3. The minimum atomic E-state index is -1.84. The number of thioether (sulfide) groups is 2. The molecule has 2 saturated heterocycles. The third-order valence-corrected chi connectivity index (χ3v) is 8.29. The van der Waals surface area contributed by atoms with Gasteiger partial charge in [-0.05, 0) is 36.2 Å². The molecule has 2 heterocycles. The molecule has 0 unspecified atom stereocenters. The number of hydrogen-bond donors (Lipinski definition) is 4. The second-order valence-electron chi connectivity index (χ2n) is 8.71. The van der Waals surface area contributed by atoms with Crippen LogP contribution in [-0.2, 0) is 9.47 Å². The fraction of sp³-hybridized carbons (Fsp3) is 0.538. The molecule has 2 aliphatic rings. The van der Waals surface area contributed by atoms with Crippen LogP contribution in [-0.4, -0.2) is 94.0 Å². The fourth-order valence-electron chi connectivity index (χ4n) is 3.85. The molecule has 2 aliphatic heterocycles.